The zero-order valence-electron chi connectivity index (χ0n) is 12.8. The lowest BCUT2D eigenvalue weighted by Gasteiger charge is -2.48. The predicted molar refractivity (Wildman–Crippen MR) is 91.4 cm³/mol. The second kappa shape index (κ2) is 6.54. The molecule has 1 atom stereocenters. The minimum absolute atomic E-state index is 0.159. The number of hydrogen-bond acceptors (Lipinski definition) is 3. The van der Waals surface area contributed by atoms with Gasteiger partial charge in [-0.25, -0.2) is 0 Å². The van der Waals surface area contributed by atoms with Crippen molar-refractivity contribution in [3.8, 4) is 0 Å². The molecule has 0 N–H and O–H groups in total. The fourth-order valence-electron chi connectivity index (χ4n) is 3.75. The molecule has 0 aromatic heterocycles. The van der Waals surface area contributed by atoms with Crippen molar-refractivity contribution >= 4 is 27.3 Å². The van der Waals surface area contributed by atoms with Crippen molar-refractivity contribution in [1.29, 1.82) is 0 Å². The third-order valence-corrected chi connectivity index (χ3v) is 6.32. The summed E-state index contributed by atoms with van der Waals surface area (Å²) in [6.45, 7) is 5.72. The minimum atomic E-state index is -0.343. The van der Waals surface area contributed by atoms with E-state index in [9.17, 15) is 10.1 Å². The molecule has 0 aliphatic carbocycles. The third kappa shape index (κ3) is 3.13. The number of nitrogens with zero attached hydrogens (tertiary/aromatic N) is 3. The van der Waals surface area contributed by atoms with Crippen molar-refractivity contribution in [2.75, 3.05) is 37.6 Å². The zero-order valence-corrected chi connectivity index (χ0v) is 14.4. The minimum Gasteiger partial charge on any atom is -0.359 e. The molecule has 0 bridgehead atoms. The fourth-order valence-corrected chi connectivity index (χ4v) is 4.71. The van der Waals surface area contributed by atoms with Gasteiger partial charge in [0.2, 0.25) is 0 Å². The Morgan fingerprint density at radius 3 is 2.27 bits per heavy atom. The first kappa shape index (κ1) is 15.7. The Balaban J connectivity index is 1.70. The van der Waals surface area contributed by atoms with E-state index in [1.807, 2.05) is 12.1 Å². The molecule has 1 aromatic carbocycles. The number of benzene rings is 1. The number of alkyl halides is 1. The summed E-state index contributed by atoms with van der Waals surface area (Å²) in [6, 6.07) is 6.94. The molecule has 0 saturated carbocycles. The number of rotatable bonds is 2. The maximum absolute atomic E-state index is 10.8. The predicted octanol–water partition coefficient (Wildman–Crippen LogP) is 3.53. The standard InChI is InChI=1S/C16H23BrN3O2/c17-16-13-18(14-5-7-15(8-6-14)19(21)22)9-12-20(16)10-3-1-2-4-11-20/h5-8,16H,1-4,9-13H2/q+1. The number of non-ortho nitro benzene ring substituents is 1. The topological polar surface area (TPSA) is 46.4 Å². The van der Waals surface area contributed by atoms with Crippen LogP contribution < -0.4 is 4.90 Å². The molecule has 2 aliphatic heterocycles. The Bertz CT molecular complexity index is 527. The van der Waals surface area contributed by atoms with Crippen LogP contribution in [0.4, 0.5) is 11.4 Å². The molecule has 0 radical (unpaired) electrons. The number of nitro benzene ring substituents is 1. The Morgan fingerprint density at radius 2 is 1.73 bits per heavy atom. The van der Waals surface area contributed by atoms with Crippen LogP contribution in [0.2, 0.25) is 0 Å². The highest BCUT2D eigenvalue weighted by molar-refractivity contribution is 9.09. The molecular formula is C16H23BrN3O2+. The molecule has 2 heterocycles. The Hall–Kier alpha value is -1.14. The highest BCUT2D eigenvalue weighted by Gasteiger charge is 2.40. The van der Waals surface area contributed by atoms with Crippen molar-refractivity contribution in [3.63, 3.8) is 0 Å². The maximum atomic E-state index is 10.8. The molecule has 1 spiro atoms. The summed E-state index contributed by atoms with van der Waals surface area (Å²) in [5, 5.41) is 10.8. The molecule has 120 valence electrons. The van der Waals surface area contributed by atoms with Crippen LogP contribution in [0.25, 0.3) is 0 Å². The lowest BCUT2D eigenvalue weighted by molar-refractivity contribution is -0.936. The molecule has 1 unspecified atom stereocenters. The van der Waals surface area contributed by atoms with Crippen LogP contribution >= 0.6 is 15.9 Å². The second-order valence-corrected chi connectivity index (χ2v) is 7.51. The van der Waals surface area contributed by atoms with Crippen LogP contribution in [0, 0.1) is 10.1 Å². The number of piperazine rings is 1. The number of quaternary nitrogens is 1. The van der Waals surface area contributed by atoms with Crippen molar-refractivity contribution in [1.82, 2.24) is 0 Å². The van der Waals surface area contributed by atoms with Crippen LogP contribution in [-0.2, 0) is 0 Å². The van der Waals surface area contributed by atoms with E-state index >= 15 is 0 Å². The number of nitro groups is 1. The normalized spacial score (nSPS) is 25.0. The van der Waals surface area contributed by atoms with Crippen LogP contribution in [-0.4, -0.2) is 47.1 Å². The van der Waals surface area contributed by atoms with E-state index in [-0.39, 0.29) is 10.6 Å². The summed E-state index contributed by atoms with van der Waals surface area (Å²) in [5.41, 5.74) is 1.25. The van der Waals surface area contributed by atoms with E-state index in [2.05, 4.69) is 20.8 Å². The van der Waals surface area contributed by atoms with E-state index in [1.165, 1.54) is 43.3 Å². The molecule has 6 heteroatoms. The van der Waals surface area contributed by atoms with E-state index in [4.69, 9.17) is 0 Å². The van der Waals surface area contributed by atoms with Gasteiger partial charge >= 0.3 is 0 Å². The van der Waals surface area contributed by atoms with Crippen LogP contribution in [0.3, 0.4) is 0 Å². The Kier molecular flexibility index (Phi) is 4.68. The first-order valence-electron chi connectivity index (χ1n) is 8.10. The first-order valence-corrected chi connectivity index (χ1v) is 9.02. The van der Waals surface area contributed by atoms with Gasteiger partial charge in [0.05, 0.1) is 37.6 Å². The van der Waals surface area contributed by atoms with Crippen LogP contribution in [0.5, 0.6) is 0 Å². The summed E-state index contributed by atoms with van der Waals surface area (Å²) < 4.78 is 1.20. The van der Waals surface area contributed by atoms with Gasteiger partial charge in [0, 0.05) is 17.8 Å². The second-order valence-electron chi connectivity index (χ2n) is 6.46. The van der Waals surface area contributed by atoms with Gasteiger partial charge < -0.3 is 9.38 Å². The average molecular weight is 369 g/mol. The molecule has 5 nitrogen and oxygen atoms in total. The highest BCUT2D eigenvalue weighted by atomic mass is 79.9. The lowest BCUT2D eigenvalue weighted by atomic mass is 10.2. The molecule has 0 amide bonds. The zero-order chi connectivity index (χ0) is 15.6. The van der Waals surface area contributed by atoms with Gasteiger partial charge in [0.15, 0.2) is 4.95 Å². The van der Waals surface area contributed by atoms with Crippen molar-refractivity contribution in [3.05, 3.63) is 34.4 Å². The van der Waals surface area contributed by atoms with E-state index in [1.54, 1.807) is 12.1 Å². The van der Waals surface area contributed by atoms with Gasteiger partial charge in [-0.3, -0.25) is 10.1 Å². The van der Waals surface area contributed by atoms with Crippen molar-refractivity contribution in [2.45, 2.75) is 30.6 Å². The summed E-state index contributed by atoms with van der Waals surface area (Å²) in [7, 11) is 0. The number of anilines is 1. The first-order chi connectivity index (χ1) is 10.6. The quantitative estimate of drug-likeness (QED) is 0.263. The highest BCUT2D eigenvalue weighted by Crippen LogP contribution is 2.31. The van der Waals surface area contributed by atoms with E-state index in [0.29, 0.717) is 4.95 Å². The van der Waals surface area contributed by atoms with Crippen LogP contribution in [0.1, 0.15) is 25.7 Å². The van der Waals surface area contributed by atoms with Gasteiger partial charge in [-0.2, -0.15) is 0 Å². The molecular weight excluding hydrogens is 346 g/mol. The smallest absolute Gasteiger partial charge is 0.269 e. The summed E-state index contributed by atoms with van der Waals surface area (Å²) in [4.78, 5) is 13.2. The van der Waals surface area contributed by atoms with Gasteiger partial charge in [0.25, 0.3) is 5.69 Å². The maximum Gasteiger partial charge on any atom is 0.269 e. The van der Waals surface area contributed by atoms with Crippen LogP contribution in [0.15, 0.2) is 24.3 Å². The molecule has 2 fully saturated rings. The molecule has 22 heavy (non-hydrogen) atoms. The summed E-state index contributed by atoms with van der Waals surface area (Å²) in [5.74, 6) is 0. The van der Waals surface area contributed by atoms with E-state index in [0.717, 1.165) is 25.3 Å². The SMILES string of the molecule is O=[N+]([O-])c1ccc(N2CC[N+]3(CCCCCC3)C(Br)C2)cc1. The van der Waals surface area contributed by atoms with Gasteiger partial charge in [-0.1, -0.05) is 0 Å². The monoisotopic (exact) mass is 368 g/mol. The summed E-state index contributed by atoms with van der Waals surface area (Å²) >= 11 is 3.94. The largest absolute Gasteiger partial charge is 0.359 e. The van der Waals surface area contributed by atoms with Crippen molar-refractivity contribution in [2.24, 2.45) is 0 Å². The van der Waals surface area contributed by atoms with E-state index < -0.39 is 0 Å². The molecule has 3 rings (SSSR count). The van der Waals surface area contributed by atoms with Gasteiger partial charge in [-0.05, 0) is 53.7 Å². The number of hydrogen-bond donors (Lipinski definition) is 0. The molecule has 2 aliphatic rings. The number of halogens is 1. The Labute approximate surface area is 139 Å². The van der Waals surface area contributed by atoms with Gasteiger partial charge in [-0.15, -0.1) is 0 Å². The van der Waals surface area contributed by atoms with Crippen molar-refractivity contribution < 1.29 is 9.41 Å². The fraction of sp³-hybridized carbons (Fsp3) is 0.625. The average Bonchev–Trinajstić information content (AvgIpc) is 2.77. The van der Waals surface area contributed by atoms with Gasteiger partial charge in [0.1, 0.15) is 0 Å². The Morgan fingerprint density at radius 1 is 1.09 bits per heavy atom. The summed E-state index contributed by atoms with van der Waals surface area (Å²) in [6.07, 6.45) is 5.40. The third-order valence-electron chi connectivity index (χ3n) is 5.16. The molecule has 2 saturated heterocycles. The molecule has 1 aromatic rings. The lowest BCUT2D eigenvalue weighted by Crippen LogP contribution is -2.64.